The van der Waals surface area contributed by atoms with Crippen molar-refractivity contribution in [2.45, 2.75) is 78.1 Å². The average Bonchev–Trinajstić information content (AvgIpc) is 2.43. The molecule has 21 heavy (non-hydrogen) atoms. The number of nitrogens with two attached hydrogens (primary N) is 1. The minimum atomic E-state index is -0.425. The zero-order chi connectivity index (χ0) is 16.2. The number of carbonyl (C=O) groups excluding carboxylic acids is 1. The molecule has 0 unspecified atom stereocenters. The summed E-state index contributed by atoms with van der Waals surface area (Å²) in [5.74, 6) is 0.708. The van der Waals surface area contributed by atoms with Gasteiger partial charge in [-0.25, -0.2) is 0 Å². The van der Waals surface area contributed by atoms with Crippen LogP contribution in [0.5, 0.6) is 0 Å². The van der Waals surface area contributed by atoms with E-state index in [1.165, 1.54) is 22.3 Å². The van der Waals surface area contributed by atoms with Gasteiger partial charge in [-0.3, -0.25) is 4.79 Å². The largest absolute Gasteiger partial charge is 0.398 e. The molecule has 0 fully saturated rings. The molecule has 0 saturated carbocycles. The maximum absolute atomic E-state index is 12.6. The van der Waals surface area contributed by atoms with Crippen molar-refractivity contribution in [3.8, 4) is 0 Å². The number of ketones is 1. The van der Waals surface area contributed by atoms with Crippen LogP contribution in [0.1, 0.15) is 82.6 Å². The van der Waals surface area contributed by atoms with Crippen LogP contribution < -0.4 is 5.73 Å². The molecule has 0 saturated heterocycles. The summed E-state index contributed by atoms with van der Waals surface area (Å²) in [7, 11) is 0. The third-order valence-corrected chi connectivity index (χ3v) is 5.31. The van der Waals surface area contributed by atoms with Crippen molar-refractivity contribution in [1.82, 2.24) is 0 Å². The number of anilines is 1. The Labute approximate surface area is 129 Å². The summed E-state index contributed by atoms with van der Waals surface area (Å²) in [6.45, 7) is 15.0. The molecule has 0 spiro atoms. The second kappa shape index (κ2) is 4.86. The minimum Gasteiger partial charge on any atom is -0.398 e. The van der Waals surface area contributed by atoms with Crippen LogP contribution in [-0.2, 0) is 15.6 Å². The molecule has 1 aromatic rings. The molecule has 1 aromatic carbocycles. The fourth-order valence-corrected chi connectivity index (χ4v) is 3.72. The van der Waals surface area contributed by atoms with Gasteiger partial charge in [-0.1, -0.05) is 33.8 Å². The van der Waals surface area contributed by atoms with Crippen LogP contribution in [0, 0.1) is 6.92 Å². The molecule has 1 aliphatic rings. The van der Waals surface area contributed by atoms with E-state index in [4.69, 9.17) is 5.73 Å². The topological polar surface area (TPSA) is 43.1 Å². The van der Waals surface area contributed by atoms with Crippen molar-refractivity contribution in [1.29, 1.82) is 0 Å². The zero-order valence-electron chi connectivity index (χ0n) is 14.6. The fraction of sp³-hybridized carbons (Fsp3) is 0.632. The monoisotopic (exact) mass is 287 g/mol. The van der Waals surface area contributed by atoms with E-state index in [1.54, 1.807) is 0 Å². The lowest BCUT2D eigenvalue weighted by molar-refractivity contribution is -0.123. The maximum atomic E-state index is 12.6. The lowest BCUT2D eigenvalue weighted by Crippen LogP contribution is -2.30. The van der Waals surface area contributed by atoms with Crippen molar-refractivity contribution in [3.63, 3.8) is 0 Å². The van der Waals surface area contributed by atoms with Gasteiger partial charge in [0.1, 0.15) is 5.78 Å². The van der Waals surface area contributed by atoms with Gasteiger partial charge in [0.15, 0.2) is 0 Å². The normalized spacial score (nSPS) is 20.3. The molecular formula is C19H29NO. The van der Waals surface area contributed by atoms with Crippen LogP contribution in [0.3, 0.4) is 0 Å². The third-order valence-electron chi connectivity index (χ3n) is 5.31. The van der Waals surface area contributed by atoms with Gasteiger partial charge in [-0.15, -0.1) is 0 Å². The Morgan fingerprint density at radius 3 is 2.29 bits per heavy atom. The van der Waals surface area contributed by atoms with E-state index in [0.29, 0.717) is 18.1 Å². The Morgan fingerprint density at radius 2 is 1.76 bits per heavy atom. The average molecular weight is 287 g/mol. The number of hydrogen-bond donors (Lipinski definition) is 1. The number of hydrogen-bond acceptors (Lipinski definition) is 2. The third kappa shape index (κ3) is 2.39. The van der Waals surface area contributed by atoms with Crippen LogP contribution in [0.25, 0.3) is 0 Å². The Balaban J connectivity index is 2.89. The first-order valence-electron chi connectivity index (χ1n) is 7.97. The summed E-state index contributed by atoms with van der Waals surface area (Å²) in [6.07, 6.45) is 1.54. The molecule has 116 valence electrons. The summed E-state index contributed by atoms with van der Waals surface area (Å²) in [6, 6.07) is 2.20. The molecule has 0 aliphatic heterocycles. The van der Waals surface area contributed by atoms with Gasteiger partial charge in [0.25, 0.3) is 0 Å². The summed E-state index contributed by atoms with van der Waals surface area (Å²) in [5.41, 5.74) is 11.7. The first-order chi connectivity index (χ1) is 9.50. The lowest BCUT2D eigenvalue weighted by atomic mass is 9.71. The van der Waals surface area contributed by atoms with Crippen LogP contribution in [0.15, 0.2) is 6.07 Å². The quantitative estimate of drug-likeness (QED) is 0.605. The number of rotatable bonds is 1. The van der Waals surface area contributed by atoms with Gasteiger partial charge in [-0.2, -0.15) is 0 Å². The lowest BCUT2D eigenvalue weighted by Gasteiger charge is -2.33. The zero-order valence-corrected chi connectivity index (χ0v) is 14.6. The van der Waals surface area contributed by atoms with E-state index < -0.39 is 5.41 Å². The molecule has 2 rings (SSSR count). The molecule has 0 radical (unpaired) electrons. The van der Waals surface area contributed by atoms with Gasteiger partial charge in [0, 0.05) is 17.5 Å². The number of fused-ring (bicyclic) bond motifs is 1. The van der Waals surface area contributed by atoms with Crippen LogP contribution in [-0.4, -0.2) is 5.78 Å². The van der Waals surface area contributed by atoms with E-state index in [9.17, 15) is 4.79 Å². The van der Waals surface area contributed by atoms with Crippen molar-refractivity contribution < 1.29 is 4.79 Å². The van der Waals surface area contributed by atoms with Crippen LogP contribution >= 0.6 is 0 Å². The number of nitrogen functional groups attached to an aromatic ring is 1. The Bertz CT molecular complexity index is 594. The molecular weight excluding hydrogens is 258 g/mol. The molecule has 1 aliphatic carbocycles. The minimum absolute atomic E-state index is 0.00746. The molecule has 0 amide bonds. The molecule has 0 atom stereocenters. The predicted molar refractivity (Wildman–Crippen MR) is 90.0 cm³/mol. The standard InChI is InChI=1S/C19H29NO/c1-11(2)13-10-14-16(12(3)17(13)20)18(4,5)9-8-15(21)19(14,6)7/h10-11H,8-9,20H2,1-7H3. The molecule has 2 nitrogen and oxygen atoms in total. The second-order valence-corrected chi connectivity index (χ2v) is 8.01. The highest BCUT2D eigenvalue weighted by Crippen LogP contribution is 2.46. The van der Waals surface area contributed by atoms with Crippen molar-refractivity contribution in [3.05, 3.63) is 28.3 Å². The first kappa shape index (κ1) is 16.1. The smallest absolute Gasteiger partial charge is 0.142 e. The van der Waals surface area contributed by atoms with Crippen molar-refractivity contribution in [2.24, 2.45) is 0 Å². The van der Waals surface area contributed by atoms with Crippen LogP contribution in [0.2, 0.25) is 0 Å². The molecule has 2 N–H and O–H groups in total. The van der Waals surface area contributed by atoms with Crippen molar-refractivity contribution >= 4 is 11.5 Å². The fourth-order valence-electron chi connectivity index (χ4n) is 3.72. The predicted octanol–water partition coefficient (Wildman–Crippen LogP) is 4.62. The summed E-state index contributed by atoms with van der Waals surface area (Å²) < 4.78 is 0. The van der Waals surface area contributed by atoms with E-state index >= 15 is 0 Å². The highest BCUT2D eigenvalue weighted by molar-refractivity contribution is 5.91. The molecule has 0 bridgehead atoms. The maximum Gasteiger partial charge on any atom is 0.142 e. The second-order valence-electron chi connectivity index (χ2n) is 8.01. The van der Waals surface area contributed by atoms with Gasteiger partial charge in [0.05, 0.1) is 0 Å². The Kier molecular flexibility index (Phi) is 3.72. The number of benzene rings is 1. The van der Waals surface area contributed by atoms with E-state index in [2.05, 4.69) is 54.5 Å². The Hall–Kier alpha value is -1.31. The van der Waals surface area contributed by atoms with E-state index in [0.717, 1.165) is 12.1 Å². The van der Waals surface area contributed by atoms with Gasteiger partial charge in [0.2, 0.25) is 0 Å². The summed E-state index contributed by atoms with van der Waals surface area (Å²) in [4.78, 5) is 12.6. The molecule has 0 heterocycles. The van der Waals surface area contributed by atoms with Crippen molar-refractivity contribution in [2.75, 3.05) is 5.73 Å². The van der Waals surface area contributed by atoms with E-state index in [1.807, 2.05) is 0 Å². The van der Waals surface area contributed by atoms with Gasteiger partial charge in [-0.05, 0) is 60.8 Å². The van der Waals surface area contributed by atoms with Crippen LogP contribution in [0.4, 0.5) is 5.69 Å². The highest BCUT2D eigenvalue weighted by Gasteiger charge is 2.41. The number of Topliss-reactive ketones (excluding diaryl/α,β-unsaturated/α-hetero) is 1. The highest BCUT2D eigenvalue weighted by atomic mass is 16.1. The Morgan fingerprint density at radius 1 is 1.19 bits per heavy atom. The summed E-state index contributed by atoms with van der Waals surface area (Å²) in [5, 5.41) is 0. The van der Waals surface area contributed by atoms with Gasteiger partial charge < -0.3 is 5.73 Å². The van der Waals surface area contributed by atoms with Gasteiger partial charge >= 0.3 is 0 Å². The first-order valence-corrected chi connectivity index (χ1v) is 7.97. The SMILES string of the molecule is Cc1c(N)c(C(C)C)cc2c1C(C)(C)CCC(=O)C2(C)C. The van der Waals surface area contributed by atoms with E-state index in [-0.39, 0.29) is 5.41 Å². The molecule has 0 aromatic heterocycles. The summed E-state index contributed by atoms with van der Waals surface area (Å²) >= 11 is 0. The number of carbonyl (C=O) groups is 1. The molecule has 2 heteroatoms.